The molecule has 2 rings (SSSR count). The molecule has 16 heavy (non-hydrogen) atoms. The third kappa shape index (κ3) is 2.24. The molecule has 0 fully saturated rings. The number of anilines is 1. The third-order valence-electron chi connectivity index (χ3n) is 2.42. The van der Waals surface area contributed by atoms with Crippen LogP contribution in [0.15, 0.2) is 12.1 Å². The van der Waals surface area contributed by atoms with E-state index in [0.29, 0.717) is 0 Å². The maximum atomic E-state index is 4.43. The molecule has 0 spiro atoms. The van der Waals surface area contributed by atoms with E-state index in [1.54, 1.807) is 0 Å². The molecule has 0 saturated heterocycles. The highest BCUT2D eigenvalue weighted by Gasteiger charge is 2.05. The Kier molecular flexibility index (Phi) is 3.24. The van der Waals surface area contributed by atoms with Crippen LogP contribution in [0, 0.1) is 13.8 Å². The lowest BCUT2D eigenvalue weighted by atomic mass is 10.3. The Bertz CT molecular complexity index is 453. The Morgan fingerprint density at radius 1 is 1.31 bits per heavy atom. The Balaban J connectivity index is 2.14. The molecular weight excluding hydrogens is 220 g/mol. The lowest BCUT2D eigenvalue weighted by molar-refractivity contribution is 0.846. The van der Waals surface area contributed by atoms with Crippen molar-refractivity contribution < 1.29 is 0 Å². The zero-order valence-electron chi connectivity index (χ0n) is 9.82. The van der Waals surface area contributed by atoms with Crippen LogP contribution in [0.3, 0.4) is 0 Å². The Morgan fingerprint density at radius 2 is 2.00 bits per heavy atom. The van der Waals surface area contributed by atoms with Gasteiger partial charge in [0.05, 0.1) is 0 Å². The lowest BCUT2D eigenvalue weighted by Crippen LogP contribution is -2.11. The minimum atomic E-state index is 0.853. The lowest BCUT2D eigenvalue weighted by Gasteiger charge is -2.08. The van der Waals surface area contributed by atoms with E-state index in [1.165, 1.54) is 22.9 Å². The third-order valence-corrected chi connectivity index (χ3v) is 3.08. The van der Waals surface area contributed by atoms with E-state index in [-0.39, 0.29) is 0 Å². The van der Waals surface area contributed by atoms with E-state index >= 15 is 0 Å². The summed E-state index contributed by atoms with van der Waals surface area (Å²) in [5, 5.41) is 0.853. The molecule has 5 heteroatoms. The van der Waals surface area contributed by atoms with Gasteiger partial charge in [-0.2, -0.15) is 4.37 Å². The summed E-state index contributed by atoms with van der Waals surface area (Å²) in [6.07, 6.45) is 2.03. The quantitative estimate of drug-likeness (QED) is 0.887. The minimum absolute atomic E-state index is 0.853. The Morgan fingerprint density at radius 3 is 2.62 bits per heavy atom. The fourth-order valence-corrected chi connectivity index (χ4v) is 2.17. The normalized spacial score (nSPS) is 10.7. The van der Waals surface area contributed by atoms with Gasteiger partial charge < -0.3 is 0 Å². The van der Waals surface area contributed by atoms with Gasteiger partial charge in [0, 0.05) is 29.3 Å². The molecule has 0 unspecified atom stereocenters. The number of nitrogens with one attached hydrogen (secondary N) is 1. The SMILES string of the molecule is CCCc1nsc(Nn2c(C)ccc2C)n1. The van der Waals surface area contributed by atoms with Gasteiger partial charge in [0.1, 0.15) is 5.82 Å². The predicted molar refractivity (Wildman–Crippen MR) is 66.8 cm³/mol. The first kappa shape index (κ1) is 11.1. The van der Waals surface area contributed by atoms with Crippen molar-refractivity contribution in [3.63, 3.8) is 0 Å². The van der Waals surface area contributed by atoms with Crippen LogP contribution in [0.4, 0.5) is 5.13 Å². The number of hydrogen-bond acceptors (Lipinski definition) is 4. The number of nitrogens with zero attached hydrogens (tertiary/aromatic N) is 3. The molecule has 2 aromatic rings. The van der Waals surface area contributed by atoms with Gasteiger partial charge in [-0.05, 0) is 32.4 Å². The highest BCUT2D eigenvalue weighted by molar-refractivity contribution is 7.09. The molecule has 0 bridgehead atoms. The molecule has 0 atom stereocenters. The first-order valence-corrected chi connectivity index (χ1v) is 6.22. The Labute approximate surface area is 99.5 Å². The second kappa shape index (κ2) is 4.65. The molecule has 86 valence electrons. The van der Waals surface area contributed by atoms with Crippen molar-refractivity contribution in [1.82, 2.24) is 14.0 Å². The van der Waals surface area contributed by atoms with Crippen LogP contribution >= 0.6 is 11.5 Å². The Hall–Kier alpha value is -1.36. The standard InChI is InChI=1S/C11H16N4S/c1-4-5-10-12-11(16-14-10)13-15-8(2)6-7-9(15)3/h6-7H,4-5H2,1-3H3,(H,12,13,14). The van der Waals surface area contributed by atoms with Gasteiger partial charge in [0.25, 0.3) is 0 Å². The van der Waals surface area contributed by atoms with Gasteiger partial charge in [-0.1, -0.05) is 6.92 Å². The van der Waals surface area contributed by atoms with Crippen LogP contribution in [0.2, 0.25) is 0 Å². The smallest absolute Gasteiger partial charge is 0.221 e. The van der Waals surface area contributed by atoms with Gasteiger partial charge in [-0.25, -0.2) is 4.98 Å². The largest absolute Gasteiger partial charge is 0.268 e. The van der Waals surface area contributed by atoms with Crippen LogP contribution in [0.5, 0.6) is 0 Å². The fraction of sp³-hybridized carbons (Fsp3) is 0.455. The van der Waals surface area contributed by atoms with Crippen molar-refractivity contribution in [3.05, 3.63) is 29.3 Å². The highest BCUT2D eigenvalue weighted by Crippen LogP contribution is 2.15. The van der Waals surface area contributed by atoms with Gasteiger partial charge >= 0.3 is 0 Å². The van der Waals surface area contributed by atoms with E-state index in [2.05, 4.69) is 47.7 Å². The van der Waals surface area contributed by atoms with Crippen molar-refractivity contribution in [2.75, 3.05) is 5.43 Å². The molecule has 0 aromatic carbocycles. The monoisotopic (exact) mass is 236 g/mol. The molecule has 2 aromatic heterocycles. The molecule has 0 radical (unpaired) electrons. The van der Waals surface area contributed by atoms with Gasteiger partial charge in [-0.15, -0.1) is 0 Å². The van der Waals surface area contributed by atoms with Crippen molar-refractivity contribution in [1.29, 1.82) is 0 Å². The topological polar surface area (TPSA) is 42.7 Å². The predicted octanol–water partition coefficient (Wildman–Crippen LogP) is 2.78. The van der Waals surface area contributed by atoms with E-state index in [4.69, 9.17) is 0 Å². The summed E-state index contributed by atoms with van der Waals surface area (Å²) in [5.74, 6) is 0.928. The molecule has 0 saturated carbocycles. The van der Waals surface area contributed by atoms with Crippen LogP contribution in [-0.4, -0.2) is 14.0 Å². The van der Waals surface area contributed by atoms with Crippen molar-refractivity contribution in [2.24, 2.45) is 0 Å². The number of aromatic nitrogens is 3. The van der Waals surface area contributed by atoms with Crippen LogP contribution in [0.25, 0.3) is 0 Å². The summed E-state index contributed by atoms with van der Waals surface area (Å²) in [4.78, 5) is 4.43. The molecule has 0 aliphatic rings. The summed E-state index contributed by atoms with van der Waals surface area (Å²) < 4.78 is 6.32. The number of rotatable bonds is 4. The van der Waals surface area contributed by atoms with E-state index < -0.39 is 0 Å². The zero-order chi connectivity index (χ0) is 11.5. The first-order valence-electron chi connectivity index (χ1n) is 5.45. The van der Waals surface area contributed by atoms with Crippen molar-refractivity contribution in [3.8, 4) is 0 Å². The minimum Gasteiger partial charge on any atom is -0.268 e. The van der Waals surface area contributed by atoms with E-state index in [0.717, 1.165) is 23.8 Å². The van der Waals surface area contributed by atoms with E-state index in [9.17, 15) is 0 Å². The second-order valence-corrected chi connectivity index (χ2v) is 4.58. The molecule has 0 aliphatic carbocycles. The van der Waals surface area contributed by atoms with Crippen LogP contribution < -0.4 is 5.43 Å². The molecule has 4 nitrogen and oxygen atoms in total. The number of hydrogen-bond donors (Lipinski definition) is 1. The summed E-state index contributed by atoms with van der Waals surface area (Å²) in [7, 11) is 0. The van der Waals surface area contributed by atoms with Crippen molar-refractivity contribution >= 4 is 16.7 Å². The molecule has 0 amide bonds. The second-order valence-electron chi connectivity index (χ2n) is 3.83. The average Bonchev–Trinajstić information content (AvgIpc) is 2.81. The summed E-state index contributed by atoms with van der Waals surface area (Å²) in [6.45, 7) is 6.26. The summed E-state index contributed by atoms with van der Waals surface area (Å²) in [6, 6.07) is 4.16. The molecule has 2 heterocycles. The van der Waals surface area contributed by atoms with Gasteiger partial charge in [0.2, 0.25) is 5.13 Å². The average molecular weight is 236 g/mol. The number of aryl methyl sites for hydroxylation is 3. The van der Waals surface area contributed by atoms with Crippen LogP contribution in [-0.2, 0) is 6.42 Å². The van der Waals surface area contributed by atoms with Crippen molar-refractivity contribution in [2.45, 2.75) is 33.6 Å². The maximum Gasteiger partial charge on any atom is 0.221 e. The fourth-order valence-electron chi connectivity index (χ4n) is 1.56. The maximum absolute atomic E-state index is 4.43. The molecular formula is C11H16N4S. The summed E-state index contributed by atoms with van der Waals surface area (Å²) in [5.41, 5.74) is 5.60. The first-order chi connectivity index (χ1) is 7.70. The highest BCUT2D eigenvalue weighted by atomic mass is 32.1. The van der Waals surface area contributed by atoms with Gasteiger partial charge in [0.15, 0.2) is 0 Å². The molecule has 1 N–H and O–H groups in total. The van der Waals surface area contributed by atoms with Crippen LogP contribution in [0.1, 0.15) is 30.6 Å². The zero-order valence-corrected chi connectivity index (χ0v) is 10.6. The van der Waals surface area contributed by atoms with Gasteiger partial charge in [-0.3, -0.25) is 10.1 Å². The summed E-state index contributed by atoms with van der Waals surface area (Å²) >= 11 is 1.41. The van der Waals surface area contributed by atoms with E-state index in [1.807, 2.05) is 4.68 Å². The molecule has 0 aliphatic heterocycles.